The maximum atomic E-state index is 11.7. The van der Waals surface area contributed by atoms with Gasteiger partial charge in [0.15, 0.2) is 0 Å². The summed E-state index contributed by atoms with van der Waals surface area (Å²) in [6.07, 6.45) is 0.678. The first-order valence-electron chi connectivity index (χ1n) is 6.40. The van der Waals surface area contributed by atoms with E-state index in [4.69, 9.17) is 4.74 Å². The predicted octanol–water partition coefficient (Wildman–Crippen LogP) is 3.56. The van der Waals surface area contributed by atoms with Crippen molar-refractivity contribution in [3.05, 3.63) is 58.1 Å². The number of rotatable bonds is 5. The number of aromatic hydroxyl groups is 1. The Bertz CT molecular complexity index is 640. The first kappa shape index (κ1) is 15.4. The monoisotopic (exact) mass is 350 g/mol. The van der Waals surface area contributed by atoms with E-state index in [-0.39, 0.29) is 11.3 Å². The second-order valence-electron chi connectivity index (χ2n) is 4.33. The Morgan fingerprint density at radius 2 is 1.95 bits per heavy atom. The Labute approximate surface area is 131 Å². The van der Waals surface area contributed by atoms with E-state index in [2.05, 4.69) is 20.7 Å². The molecule has 2 aromatic rings. The molecule has 0 atom stereocenters. The molecule has 4 nitrogen and oxygen atoms in total. The summed E-state index contributed by atoms with van der Waals surface area (Å²) in [5.41, 5.74) is 1.16. The normalized spacial score (nSPS) is 10.2. The molecular formula is C16H15BrO4. The van der Waals surface area contributed by atoms with Crippen molar-refractivity contribution >= 4 is 21.9 Å². The van der Waals surface area contributed by atoms with E-state index in [0.717, 1.165) is 10.0 Å². The average molecular weight is 351 g/mol. The quantitative estimate of drug-likeness (QED) is 0.837. The lowest BCUT2D eigenvalue weighted by Gasteiger charge is -2.12. The maximum absolute atomic E-state index is 11.7. The van der Waals surface area contributed by atoms with Gasteiger partial charge in [-0.2, -0.15) is 0 Å². The number of halogens is 1. The summed E-state index contributed by atoms with van der Waals surface area (Å²) in [5, 5.41) is 9.77. The molecule has 0 aliphatic carbocycles. The van der Waals surface area contributed by atoms with Gasteiger partial charge in [-0.1, -0.05) is 40.2 Å². The van der Waals surface area contributed by atoms with Gasteiger partial charge in [-0.3, -0.25) is 0 Å². The predicted molar refractivity (Wildman–Crippen MR) is 82.8 cm³/mol. The Morgan fingerprint density at radius 3 is 2.67 bits per heavy atom. The van der Waals surface area contributed by atoms with E-state index < -0.39 is 5.97 Å². The van der Waals surface area contributed by atoms with E-state index in [1.165, 1.54) is 13.2 Å². The number of hydrogen-bond donors (Lipinski definition) is 1. The standard InChI is InChI=1S/C16H15BrO4/c1-20-16(19)15-13(18)7-4-8-14(15)21-10-9-11-5-2-3-6-12(11)17/h2-8,18H,9-10H2,1H3. The number of phenols is 1. The molecule has 0 bridgehead atoms. The molecule has 0 heterocycles. The fourth-order valence-electron chi connectivity index (χ4n) is 1.92. The third-order valence-corrected chi connectivity index (χ3v) is 3.75. The molecule has 0 aliphatic heterocycles. The molecule has 110 valence electrons. The van der Waals surface area contributed by atoms with Crippen LogP contribution in [0.4, 0.5) is 0 Å². The van der Waals surface area contributed by atoms with E-state index in [9.17, 15) is 9.90 Å². The molecule has 0 unspecified atom stereocenters. The van der Waals surface area contributed by atoms with E-state index in [0.29, 0.717) is 18.8 Å². The Morgan fingerprint density at radius 1 is 1.19 bits per heavy atom. The van der Waals surface area contributed by atoms with E-state index in [1.807, 2.05) is 24.3 Å². The SMILES string of the molecule is COC(=O)c1c(O)cccc1OCCc1ccccc1Br. The molecule has 2 aromatic carbocycles. The molecule has 0 fully saturated rings. The molecule has 0 radical (unpaired) electrons. The molecule has 21 heavy (non-hydrogen) atoms. The van der Waals surface area contributed by atoms with Crippen LogP contribution in [0.25, 0.3) is 0 Å². The third-order valence-electron chi connectivity index (χ3n) is 2.98. The second-order valence-corrected chi connectivity index (χ2v) is 5.19. The number of carbonyl (C=O) groups excluding carboxylic acids is 1. The van der Waals surface area contributed by atoms with Gasteiger partial charge in [0.1, 0.15) is 17.1 Å². The van der Waals surface area contributed by atoms with Crippen LogP contribution in [0.5, 0.6) is 11.5 Å². The van der Waals surface area contributed by atoms with Crippen LogP contribution in [0.15, 0.2) is 46.9 Å². The zero-order valence-electron chi connectivity index (χ0n) is 11.5. The molecule has 1 N–H and O–H groups in total. The minimum atomic E-state index is -0.621. The van der Waals surface area contributed by atoms with Crippen LogP contribution >= 0.6 is 15.9 Å². The van der Waals surface area contributed by atoms with Crippen LogP contribution in [0.2, 0.25) is 0 Å². The van der Waals surface area contributed by atoms with Gasteiger partial charge in [0.2, 0.25) is 0 Å². The number of phenolic OH excluding ortho intramolecular Hbond substituents is 1. The Hall–Kier alpha value is -2.01. The van der Waals surface area contributed by atoms with Crippen molar-refractivity contribution < 1.29 is 19.4 Å². The van der Waals surface area contributed by atoms with Gasteiger partial charge in [0.05, 0.1) is 13.7 Å². The summed E-state index contributed by atoms with van der Waals surface area (Å²) >= 11 is 3.47. The lowest BCUT2D eigenvalue weighted by atomic mass is 10.1. The van der Waals surface area contributed by atoms with E-state index >= 15 is 0 Å². The topological polar surface area (TPSA) is 55.8 Å². The summed E-state index contributed by atoms with van der Waals surface area (Å²) in [4.78, 5) is 11.7. The fourth-order valence-corrected chi connectivity index (χ4v) is 2.40. The molecule has 0 saturated carbocycles. The van der Waals surface area contributed by atoms with Gasteiger partial charge in [-0.25, -0.2) is 4.79 Å². The van der Waals surface area contributed by atoms with Gasteiger partial charge in [0.25, 0.3) is 0 Å². The van der Waals surface area contributed by atoms with Crippen LogP contribution in [0.1, 0.15) is 15.9 Å². The molecule has 2 rings (SSSR count). The zero-order valence-corrected chi connectivity index (χ0v) is 13.1. The van der Waals surface area contributed by atoms with Crippen LogP contribution in [-0.4, -0.2) is 24.8 Å². The summed E-state index contributed by atoms with van der Waals surface area (Å²) < 4.78 is 11.3. The number of methoxy groups -OCH3 is 1. The lowest BCUT2D eigenvalue weighted by molar-refractivity contribution is 0.0592. The third kappa shape index (κ3) is 3.76. The first-order valence-corrected chi connectivity index (χ1v) is 7.19. The van der Waals surface area contributed by atoms with Crippen LogP contribution in [0.3, 0.4) is 0 Å². The van der Waals surface area contributed by atoms with Crippen molar-refractivity contribution in [2.24, 2.45) is 0 Å². The van der Waals surface area contributed by atoms with Crippen LogP contribution < -0.4 is 4.74 Å². The molecule has 0 spiro atoms. The van der Waals surface area contributed by atoms with E-state index in [1.54, 1.807) is 12.1 Å². The molecule has 0 aromatic heterocycles. The van der Waals surface area contributed by atoms with Crippen molar-refractivity contribution in [2.75, 3.05) is 13.7 Å². The summed E-state index contributed by atoms with van der Waals surface area (Å²) in [7, 11) is 1.26. The highest BCUT2D eigenvalue weighted by Crippen LogP contribution is 2.28. The number of ether oxygens (including phenoxy) is 2. The van der Waals surface area contributed by atoms with Crippen molar-refractivity contribution in [3.63, 3.8) is 0 Å². The highest BCUT2D eigenvalue weighted by Gasteiger charge is 2.17. The smallest absolute Gasteiger partial charge is 0.345 e. The van der Waals surface area contributed by atoms with Gasteiger partial charge in [-0.15, -0.1) is 0 Å². The summed E-state index contributed by atoms with van der Waals surface area (Å²) in [5.74, 6) is -0.460. The second kappa shape index (κ2) is 7.13. The van der Waals surface area contributed by atoms with Gasteiger partial charge < -0.3 is 14.6 Å². The Balaban J connectivity index is 2.09. The molecular weight excluding hydrogens is 336 g/mol. The van der Waals surface area contributed by atoms with Gasteiger partial charge >= 0.3 is 5.97 Å². The Kier molecular flexibility index (Phi) is 5.22. The average Bonchev–Trinajstić information content (AvgIpc) is 2.48. The number of esters is 1. The first-order chi connectivity index (χ1) is 10.1. The minimum absolute atomic E-state index is 0.0483. The fraction of sp³-hybridized carbons (Fsp3) is 0.188. The molecule has 0 amide bonds. The van der Waals surface area contributed by atoms with Crippen molar-refractivity contribution in [1.82, 2.24) is 0 Å². The number of hydrogen-bond acceptors (Lipinski definition) is 4. The van der Waals surface area contributed by atoms with Crippen LogP contribution in [-0.2, 0) is 11.2 Å². The van der Waals surface area contributed by atoms with Crippen LogP contribution in [0, 0.1) is 0 Å². The molecule has 0 saturated heterocycles. The summed E-state index contributed by atoms with van der Waals surface area (Å²) in [6.45, 7) is 0.385. The number of benzene rings is 2. The van der Waals surface area contributed by atoms with Crippen molar-refractivity contribution in [3.8, 4) is 11.5 Å². The zero-order chi connectivity index (χ0) is 15.2. The highest BCUT2D eigenvalue weighted by atomic mass is 79.9. The lowest BCUT2D eigenvalue weighted by Crippen LogP contribution is -2.08. The van der Waals surface area contributed by atoms with Crippen molar-refractivity contribution in [1.29, 1.82) is 0 Å². The number of carbonyl (C=O) groups is 1. The minimum Gasteiger partial charge on any atom is -0.507 e. The van der Waals surface area contributed by atoms with Gasteiger partial charge in [-0.05, 0) is 23.8 Å². The maximum Gasteiger partial charge on any atom is 0.345 e. The summed E-state index contributed by atoms with van der Waals surface area (Å²) in [6, 6.07) is 12.5. The largest absolute Gasteiger partial charge is 0.507 e. The van der Waals surface area contributed by atoms with Gasteiger partial charge in [0, 0.05) is 10.9 Å². The van der Waals surface area contributed by atoms with Crippen molar-refractivity contribution in [2.45, 2.75) is 6.42 Å². The molecule has 0 aliphatic rings. The molecule has 5 heteroatoms. The highest BCUT2D eigenvalue weighted by molar-refractivity contribution is 9.10.